The van der Waals surface area contributed by atoms with Gasteiger partial charge in [0, 0.05) is 11.5 Å². The first kappa shape index (κ1) is 24.7. The van der Waals surface area contributed by atoms with Gasteiger partial charge >= 0.3 is 12.1 Å². The zero-order valence-electron chi connectivity index (χ0n) is 17.0. The Kier molecular flexibility index (Phi) is 9.41. The fourth-order valence-corrected chi connectivity index (χ4v) is 3.27. The number of carboxylic acid groups (broad SMARTS) is 1. The lowest BCUT2D eigenvalue weighted by molar-refractivity contribution is -0.149. The van der Waals surface area contributed by atoms with Crippen molar-refractivity contribution < 1.29 is 34.1 Å². The molecule has 162 valence electrons. The normalized spacial score (nSPS) is 13.3. The summed E-state index contributed by atoms with van der Waals surface area (Å²) in [7, 11) is 1.56. The van der Waals surface area contributed by atoms with Crippen molar-refractivity contribution in [2.45, 2.75) is 44.2 Å². The van der Waals surface area contributed by atoms with E-state index in [4.69, 9.17) is 20.3 Å². The number of aliphatic hydroxyl groups is 1. The van der Waals surface area contributed by atoms with Crippen LogP contribution >= 0.6 is 11.8 Å². The molecule has 0 saturated carbocycles. The average molecular weight is 429 g/mol. The largest absolute Gasteiger partial charge is 0.497 e. The van der Waals surface area contributed by atoms with E-state index in [0.717, 1.165) is 5.56 Å². The van der Waals surface area contributed by atoms with Crippen LogP contribution in [0.3, 0.4) is 0 Å². The molecule has 1 rings (SSSR count). The Labute approximate surface area is 174 Å². The topological polar surface area (TPSA) is 139 Å². The van der Waals surface area contributed by atoms with Crippen LogP contribution in [0.5, 0.6) is 5.75 Å². The first-order valence-electron chi connectivity index (χ1n) is 8.86. The minimum atomic E-state index is -1.50. The van der Waals surface area contributed by atoms with Gasteiger partial charge in [0.25, 0.3) is 5.91 Å². The van der Waals surface area contributed by atoms with Gasteiger partial charge in [0.15, 0.2) is 0 Å². The number of carbonyl (C=O) groups excluding carboxylic acids is 2. The highest BCUT2D eigenvalue weighted by Crippen LogP contribution is 2.20. The van der Waals surface area contributed by atoms with Crippen molar-refractivity contribution >= 4 is 29.7 Å². The molecule has 0 heterocycles. The lowest BCUT2D eigenvalue weighted by atomic mass is 10.2. The molecule has 1 aromatic carbocycles. The van der Waals surface area contributed by atoms with Gasteiger partial charge in [-0.05, 0) is 38.5 Å². The highest BCUT2D eigenvalue weighted by atomic mass is 32.2. The Morgan fingerprint density at radius 1 is 1.21 bits per heavy atom. The fraction of sp³-hybridized carbons (Fsp3) is 0.526. The fourth-order valence-electron chi connectivity index (χ4n) is 2.21. The maximum absolute atomic E-state index is 12.5. The number of aliphatic hydroxyl groups excluding tert-OH is 1. The summed E-state index contributed by atoms with van der Waals surface area (Å²) in [6, 6.07) is 4.29. The lowest BCUT2D eigenvalue weighted by Gasteiger charge is -2.31. The van der Waals surface area contributed by atoms with Crippen molar-refractivity contribution in [3.63, 3.8) is 0 Å². The second-order valence-electron chi connectivity index (χ2n) is 7.19. The summed E-state index contributed by atoms with van der Waals surface area (Å²) in [5.74, 6) is -1.32. The molecule has 0 unspecified atom stereocenters. The smallest absolute Gasteiger partial charge is 0.417 e. The van der Waals surface area contributed by atoms with Gasteiger partial charge in [-0.25, -0.2) is 14.5 Å². The summed E-state index contributed by atoms with van der Waals surface area (Å²) in [6.07, 6.45) is -1.12. The Morgan fingerprint density at radius 2 is 1.79 bits per heavy atom. The van der Waals surface area contributed by atoms with E-state index in [9.17, 15) is 19.5 Å². The van der Waals surface area contributed by atoms with Gasteiger partial charge in [-0.2, -0.15) is 11.8 Å². The second kappa shape index (κ2) is 11.0. The minimum absolute atomic E-state index is 0.0789. The van der Waals surface area contributed by atoms with E-state index in [0.29, 0.717) is 16.4 Å². The molecule has 0 aliphatic heterocycles. The molecule has 1 aromatic rings. The summed E-state index contributed by atoms with van der Waals surface area (Å²) in [5.41, 5.74) is 5.52. The number of aliphatic carboxylic acids is 1. The molecule has 2 atom stereocenters. The zero-order valence-corrected chi connectivity index (χ0v) is 17.8. The summed E-state index contributed by atoms with van der Waals surface area (Å²) in [6.45, 7) is 4.04. The van der Waals surface area contributed by atoms with E-state index in [1.54, 1.807) is 40.0 Å². The van der Waals surface area contributed by atoms with Gasteiger partial charge in [-0.3, -0.25) is 4.79 Å². The van der Waals surface area contributed by atoms with Gasteiger partial charge in [0.2, 0.25) is 0 Å². The summed E-state index contributed by atoms with van der Waals surface area (Å²) < 4.78 is 10.3. The standard InChI is InChI=1S/C19H28N2O7S/c1-19(2,3)28-18(26)21(16(23)14(20)9-22)15(17(24)25)11-29-10-12-5-7-13(27-4)8-6-12/h5-8,14-15,22H,9-11,20H2,1-4H3,(H,24,25)/t14-,15-/m0/s1. The number of amides is 2. The van der Waals surface area contributed by atoms with Crippen LogP contribution in [0.4, 0.5) is 4.79 Å². The van der Waals surface area contributed by atoms with E-state index in [-0.39, 0.29) is 5.75 Å². The van der Waals surface area contributed by atoms with Gasteiger partial charge < -0.3 is 25.4 Å². The van der Waals surface area contributed by atoms with Gasteiger partial charge in [-0.1, -0.05) is 12.1 Å². The predicted octanol–water partition coefficient (Wildman–Crippen LogP) is 1.46. The summed E-state index contributed by atoms with van der Waals surface area (Å²) >= 11 is 1.23. The molecule has 0 aliphatic rings. The van der Waals surface area contributed by atoms with Gasteiger partial charge in [0.05, 0.1) is 13.7 Å². The molecule has 0 aromatic heterocycles. The van der Waals surface area contributed by atoms with E-state index in [1.165, 1.54) is 11.8 Å². The van der Waals surface area contributed by atoms with Crippen LogP contribution in [0.25, 0.3) is 0 Å². The number of benzene rings is 1. The van der Waals surface area contributed by atoms with Crippen molar-refractivity contribution in [2.75, 3.05) is 19.5 Å². The predicted molar refractivity (Wildman–Crippen MR) is 109 cm³/mol. The monoisotopic (exact) mass is 428 g/mol. The molecule has 0 saturated heterocycles. The van der Waals surface area contributed by atoms with Crippen LogP contribution in [-0.2, 0) is 20.1 Å². The Hall–Kier alpha value is -2.30. The summed E-state index contributed by atoms with van der Waals surface area (Å²) in [5, 5.41) is 18.8. The number of hydrogen-bond donors (Lipinski definition) is 3. The molecule has 0 aliphatic carbocycles. The van der Waals surface area contributed by atoms with E-state index < -0.39 is 42.3 Å². The number of thioether (sulfide) groups is 1. The first-order chi connectivity index (χ1) is 13.5. The molecule has 0 bridgehead atoms. The van der Waals surface area contributed by atoms with Crippen molar-refractivity contribution in [3.8, 4) is 5.75 Å². The molecule has 9 nitrogen and oxygen atoms in total. The highest BCUT2D eigenvalue weighted by Gasteiger charge is 2.39. The zero-order chi connectivity index (χ0) is 22.2. The molecule has 0 radical (unpaired) electrons. The second-order valence-corrected chi connectivity index (χ2v) is 8.23. The average Bonchev–Trinajstić information content (AvgIpc) is 2.65. The van der Waals surface area contributed by atoms with Gasteiger partial charge in [-0.15, -0.1) is 0 Å². The third-order valence-corrected chi connectivity index (χ3v) is 4.73. The molecule has 4 N–H and O–H groups in total. The number of carboxylic acids is 1. The lowest BCUT2D eigenvalue weighted by Crippen LogP contribution is -2.57. The van der Waals surface area contributed by atoms with E-state index in [2.05, 4.69) is 0 Å². The van der Waals surface area contributed by atoms with E-state index >= 15 is 0 Å². The van der Waals surface area contributed by atoms with Crippen molar-refractivity contribution in [1.82, 2.24) is 4.90 Å². The van der Waals surface area contributed by atoms with Crippen LogP contribution in [0.2, 0.25) is 0 Å². The van der Waals surface area contributed by atoms with Crippen LogP contribution in [0.1, 0.15) is 26.3 Å². The molecule has 0 spiro atoms. The Morgan fingerprint density at radius 3 is 2.24 bits per heavy atom. The number of carbonyl (C=O) groups is 3. The Bertz CT molecular complexity index is 704. The SMILES string of the molecule is COc1ccc(CSC[C@@H](C(=O)O)N(C(=O)OC(C)(C)C)C(=O)[C@@H](N)CO)cc1. The van der Waals surface area contributed by atoms with Crippen LogP contribution < -0.4 is 10.5 Å². The molecule has 10 heteroatoms. The molecule has 29 heavy (non-hydrogen) atoms. The number of imide groups is 1. The number of hydrogen-bond acceptors (Lipinski definition) is 8. The molecular weight excluding hydrogens is 400 g/mol. The van der Waals surface area contributed by atoms with Crippen LogP contribution in [0.15, 0.2) is 24.3 Å². The molecule has 0 fully saturated rings. The van der Waals surface area contributed by atoms with E-state index in [1.807, 2.05) is 12.1 Å². The number of nitrogens with zero attached hydrogens (tertiary/aromatic N) is 1. The van der Waals surface area contributed by atoms with Crippen molar-refractivity contribution in [2.24, 2.45) is 5.73 Å². The number of rotatable bonds is 9. The number of methoxy groups -OCH3 is 1. The molecular formula is C19H28N2O7S. The van der Waals surface area contributed by atoms with Crippen LogP contribution in [0, 0.1) is 0 Å². The van der Waals surface area contributed by atoms with Crippen molar-refractivity contribution in [1.29, 1.82) is 0 Å². The number of nitrogens with two attached hydrogens (primary N) is 1. The summed E-state index contributed by atoms with van der Waals surface area (Å²) in [4.78, 5) is 37.3. The third kappa shape index (κ3) is 7.92. The maximum atomic E-state index is 12.5. The Balaban J connectivity index is 2.97. The van der Waals surface area contributed by atoms with Crippen LogP contribution in [-0.4, -0.2) is 70.2 Å². The van der Waals surface area contributed by atoms with Crippen molar-refractivity contribution in [3.05, 3.63) is 29.8 Å². The quantitative estimate of drug-likeness (QED) is 0.533. The maximum Gasteiger partial charge on any atom is 0.417 e. The minimum Gasteiger partial charge on any atom is -0.497 e. The highest BCUT2D eigenvalue weighted by molar-refractivity contribution is 7.98. The first-order valence-corrected chi connectivity index (χ1v) is 10.0. The third-order valence-electron chi connectivity index (χ3n) is 3.64. The number of ether oxygens (including phenoxy) is 2. The van der Waals surface area contributed by atoms with Gasteiger partial charge in [0.1, 0.15) is 23.4 Å². The molecule has 2 amide bonds.